The number of hydrogen-bond donors (Lipinski definition) is 0. The van der Waals surface area contributed by atoms with Crippen LogP contribution in [0.3, 0.4) is 0 Å². The van der Waals surface area contributed by atoms with Crippen molar-refractivity contribution >= 4 is 21.1 Å². The molecule has 0 amide bonds. The number of aromatic nitrogens is 4. The molecule has 1 aliphatic heterocycles. The maximum atomic E-state index is 13.2. The number of fused-ring (bicyclic) bond motifs is 1. The van der Waals surface area contributed by atoms with Crippen LogP contribution in [-0.4, -0.2) is 51.3 Å². The van der Waals surface area contributed by atoms with Gasteiger partial charge < -0.3 is 4.74 Å². The second-order valence-corrected chi connectivity index (χ2v) is 8.66. The zero-order chi connectivity index (χ0) is 19.3. The summed E-state index contributed by atoms with van der Waals surface area (Å²) in [6.07, 6.45) is 3.16. The Kier molecular flexibility index (Phi) is 4.21. The molecule has 0 spiro atoms. The predicted molar refractivity (Wildman–Crippen MR) is 98.8 cm³/mol. The number of benzene rings is 1. The van der Waals surface area contributed by atoms with Crippen molar-refractivity contribution in [3.8, 4) is 0 Å². The van der Waals surface area contributed by atoms with E-state index in [0.717, 1.165) is 5.56 Å². The molecule has 1 aromatic carbocycles. The molecule has 3 aromatic rings. The van der Waals surface area contributed by atoms with Crippen molar-refractivity contribution in [2.75, 3.05) is 19.7 Å². The van der Waals surface area contributed by atoms with Gasteiger partial charge in [-0.25, -0.2) is 13.2 Å². The van der Waals surface area contributed by atoms with E-state index in [1.165, 1.54) is 13.4 Å². The van der Waals surface area contributed by atoms with E-state index >= 15 is 0 Å². The molecular formula is C17H21N5O4S. The second-order valence-electron chi connectivity index (χ2n) is 6.72. The normalized spacial score (nSPS) is 19.0. The van der Waals surface area contributed by atoms with Crippen molar-refractivity contribution in [3.63, 3.8) is 0 Å². The molecule has 0 saturated carbocycles. The number of ether oxygens (including phenoxy) is 1. The molecule has 10 heteroatoms. The van der Waals surface area contributed by atoms with Crippen molar-refractivity contribution in [2.45, 2.75) is 11.0 Å². The Morgan fingerprint density at radius 3 is 2.59 bits per heavy atom. The molecule has 0 radical (unpaired) electrons. The Labute approximate surface area is 156 Å². The largest absolute Gasteiger partial charge is 0.371 e. The molecule has 0 aliphatic carbocycles. The summed E-state index contributed by atoms with van der Waals surface area (Å²) in [6, 6.07) is 4.77. The van der Waals surface area contributed by atoms with E-state index in [2.05, 4.69) is 5.10 Å². The number of sulfonamides is 1. The highest BCUT2D eigenvalue weighted by Gasteiger charge is 2.32. The van der Waals surface area contributed by atoms with Gasteiger partial charge in [-0.05, 0) is 18.2 Å². The summed E-state index contributed by atoms with van der Waals surface area (Å²) < 4.78 is 38.1. The maximum Gasteiger partial charge on any atom is 0.328 e. The van der Waals surface area contributed by atoms with Crippen LogP contribution in [0, 0.1) is 0 Å². The van der Waals surface area contributed by atoms with E-state index in [9.17, 15) is 13.2 Å². The lowest BCUT2D eigenvalue weighted by molar-refractivity contribution is -0.00259. The SMILES string of the molecule is Cn1cc([C@H]2CN(S(=O)(=O)c3ccc4c(c3)n(C)c(=O)n4C)CCO2)cn1. The van der Waals surface area contributed by atoms with Crippen molar-refractivity contribution in [1.29, 1.82) is 0 Å². The van der Waals surface area contributed by atoms with Crippen LogP contribution in [0.25, 0.3) is 11.0 Å². The van der Waals surface area contributed by atoms with Crippen molar-refractivity contribution in [2.24, 2.45) is 21.1 Å². The summed E-state index contributed by atoms with van der Waals surface area (Å²) in [5.41, 5.74) is 1.93. The summed E-state index contributed by atoms with van der Waals surface area (Å²) in [7, 11) is 1.40. The van der Waals surface area contributed by atoms with Crippen LogP contribution in [0.5, 0.6) is 0 Å². The van der Waals surface area contributed by atoms with E-state index in [0.29, 0.717) is 17.6 Å². The quantitative estimate of drug-likeness (QED) is 0.643. The standard InChI is InChI=1S/C17H21N5O4S/c1-19-10-12(9-18-19)16-11-22(6-7-26-16)27(24,25)13-4-5-14-15(8-13)21(3)17(23)20(14)2/h4-5,8-10,16H,6-7,11H2,1-3H3/t16-/m1/s1. The molecule has 1 saturated heterocycles. The average molecular weight is 391 g/mol. The Hall–Kier alpha value is -2.43. The van der Waals surface area contributed by atoms with E-state index in [4.69, 9.17) is 4.74 Å². The van der Waals surface area contributed by atoms with Crippen LogP contribution in [0.1, 0.15) is 11.7 Å². The van der Waals surface area contributed by atoms with Gasteiger partial charge in [-0.15, -0.1) is 0 Å². The van der Waals surface area contributed by atoms with E-state index in [1.54, 1.807) is 50.2 Å². The van der Waals surface area contributed by atoms with Gasteiger partial charge in [0, 0.05) is 46.0 Å². The van der Waals surface area contributed by atoms with Gasteiger partial charge in [-0.2, -0.15) is 9.40 Å². The van der Waals surface area contributed by atoms with Crippen molar-refractivity contribution < 1.29 is 13.2 Å². The number of rotatable bonds is 3. The number of hydrogen-bond acceptors (Lipinski definition) is 5. The molecule has 27 heavy (non-hydrogen) atoms. The molecular weight excluding hydrogens is 370 g/mol. The lowest BCUT2D eigenvalue weighted by Crippen LogP contribution is -2.42. The van der Waals surface area contributed by atoms with E-state index < -0.39 is 10.0 Å². The summed E-state index contributed by atoms with van der Waals surface area (Å²) in [6.45, 7) is 0.815. The third kappa shape index (κ3) is 2.89. The third-order valence-electron chi connectivity index (χ3n) is 5.01. The monoisotopic (exact) mass is 391 g/mol. The second kappa shape index (κ2) is 6.32. The highest BCUT2D eigenvalue weighted by atomic mass is 32.2. The van der Waals surface area contributed by atoms with E-state index in [-0.39, 0.29) is 29.8 Å². The molecule has 0 bridgehead atoms. The molecule has 0 unspecified atom stereocenters. The minimum Gasteiger partial charge on any atom is -0.371 e. The minimum absolute atomic E-state index is 0.169. The van der Waals surface area contributed by atoms with Crippen LogP contribution in [0.4, 0.5) is 0 Å². The topological polar surface area (TPSA) is 91.4 Å². The first-order valence-electron chi connectivity index (χ1n) is 8.55. The number of aryl methyl sites for hydroxylation is 3. The lowest BCUT2D eigenvalue weighted by atomic mass is 10.2. The summed E-state index contributed by atoms with van der Waals surface area (Å²) in [5.74, 6) is 0. The molecule has 4 rings (SSSR count). The van der Waals surface area contributed by atoms with Crippen LogP contribution >= 0.6 is 0 Å². The number of morpholine rings is 1. The van der Waals surface area contributed by atoms with Crippen LogP contribution in [0.2, 0.25) is 0 Å². The van der Waals surface area contributed by atoms with Gasteiger partial charge in [0.2, 0.25) is 10.0 Å². The minimum atomic E-state index is -3.71. The molecule has 2 aromatic heterocycles. The zero-order valence-electron chi connectivity index (χ0n) is 15.4. The molecule has 3 heterocycles. The number of nitrogens with zero attached hydrogens (tertiary/aromatic N) is 5. The first-order valence-corrected chi connectivity index (χ1v) is 9.99. The van der Waals surface area contributed by atoms with Crippen LogP contribution in [-0.2, 0) is 35.9 Å². The molecule has 9 nitrogen and oxygen atoms in total. The highest BCUT2D eigenvalue weighted by Crippen LogP contribution is 2.27. The van der Waals surface area contributed by atoms with Crippen molar-refractivity contribution in [1.82, 2.24) is 23.2 Å². The van der Waals surface area contributed by atoms with Gasteiger partial charge in [-0.1, -0.05) is 0 Å². The molecule has 0 N–H and O–H groups in total. The van der Waals surface area contributed by atoms with Gasteiger partial charge in [0.25, 0.3) is 0 Å². The fraction of sp³-hybridized carbons (Fsp3) is 0.412. The molecule has 144 valence electrons. The van der Waals surface area contributed by atoms with Gasteiger partial charge >= 0.3 is 5.69 Å². The average Bonchev–Trinajstić information content (AvgIpc) is 3.20. The molecule has 1 fully saturated rings. The Morgan fingerprint density at radius 1 is 1.15 bits per heavy atom. The molecule has 1 aliphatic rings. The zero-order valence-corrected chi connectivity index (χ0v) is 16.2. The van der Waals surface area contributed by atoms with Crippen molar-refractivity contribution in [3.05, 3.63) is 46.6 Å². The summed E-state index contributed by atoms with van der Waals surface area (Å²) >= 11 is 0. The van der Waals surface area contributed by atoms with Gasteiger partial charge in [-0.3, -0.25) is 13.8 Å². The molecule has 1 atom stereocenters. The Bertz CT molecular complexity index is 1170. The fourth-order valence-corrected chi connectivity index (χ4v) is 4.89. The predicted octanol–water partition coefficient (Wildman–Crippen LogP) is 0.373. The van der Waals surface area contributed by atoms with Gasteiger partial charge in [0.05, 0.1) is 34.8 Å². The smallest absolute Gasteiger partial charge is 0.328 e. The number of imidazole rings is 1. The van der Waals surface area contributed by atoms with Gasteiger partial charge in [0.1, 0.15) is 0 Å². The summed E-state index contributed by atoms with van der Waals surface area (Å²) in [4.78, 5) is 12.3. The fourth-order valence-electron chi connectivity index (χ4n) is 3.45. The third-order valence-corrected chi connectivity index (χ3v) is 6.87. The Morgan fingerprint density at radius 2 is 1.89 bits per heavy atom. The lowest BCUT2D eigenvalue weighted by Gasteiger charge is -2.31. The Balaban J connectivity index is 1.69. The highest BCUT2D eigenvalue weighted by molar-refractivity contribution is 7.89. The van der Waals surface area contributed by atoms with Crippen LogP contribution < -0.4 is 5.69 Å². The van der Waals surface area contributed by atoms with Crippen LogP contribution in [0.15, 0.2) is 40.3 Å². The van der Waals surface area contributed by atoms with E-state index in [1.807, 2.05) is 6.20 Å². The maximum absolute atomic E-state index is 13.2. The first-order chi connectivity index (χ1) is 12.8. The summed E-state index contributed by atoms with van der Waals surface area (Å²) in [5, 5.41) is 4.13. The van der Waals surface area contributed by atoms with Gasteiger partial charge in [0.15, 0.2) is 0 Å². The first kappa shape index (κ1) is 18.0.